The van der Waals surface area contributed by atoms with Crippen LogP contribution in [0.2, 0.25) is 0 Å². The molecule has 0 aliphatic heterocycles. The maximum absolute atomic E-state index is 12.2. The van der Waals surface area contributed by atoms with Gasteiger partial charge in [0, 0.05) is 5.69 Å². The van der Waals surface area contributed by atoms with Crippen LogP contribution in [0.25, 0.3) is 27.8 Å². The van der Waals surface area contributed by atoms with Gasteiger partial charge >= 0.3 is 0 Å². The van der Waals surface area contributed by atoms with E-state index in [2.05, 4.69) is 9.71 Å². The number of anilines is 1. The third-order valence-corrected chi connectivity index (χ3v) is 6.96. The van der Waals surface area contributed by atoms with Crippen LogP contribution in [0, 0.1) is 0 Å². The van der Waals surface area contributed by atoms with Crippen LogP contribution in [0.4, 0.5) is 5.69 Å². The Morgan fingerprint density at radius 3 is 2.48 bits per heavy atom. The molecule has 0 spiro atoms. The van der Waals surface area contributed by atoms with Crippen molar-refractivity contribution in [2.75, 3.05) is 4.72 Å². The number of hydrogen-bond donors (Lipinski definition) is 2. The van der Waals surface area contributed by atoms with Gasteiger partial charge < -0.3 is 5.11 Å². The minimum atomic E-state index is -3.30. The standard InChI is InChI=1S/C22H19N3O3S/c26-19-7-4-15(5-8-19)16-6-11-22-21(12-16)23-14-25(22)18-3-1-2-17(13-18)24-29(27,28)20-9-10-20/h1-8,11-14,20,24,26H,9-10H2. The molecule has 146 valence electrons. The Balaban J connectivity index is 1.49. The van der Waals surface area contributed by atoms with Gasteiger partial charge in [-0.1, -0.05) is 24.3 Å². The molecule has 1 aromatic heterocycles. The van der Waals surface area contributed by atoms with Crippen LogP contribution in [0.5, 0.6) is 5.75 Å². The first-order valence-electron chi connectivity index (χ1n) is 9.38. The summed E-state index contributed by atoms with van der Waals surface area (Å²) in [4.78, 5) is 4.52. The number of nitrogens with one attached hydrogen (secondary N) is 1. The van der Waals surface area contributed by atoms with Gasteiger partial charge in [0.25, 0.3) is 0 Å². The second kappa shape index (κ2) is 6.63. The van der Waals surface area contributed by atoms with Gasteiger partial charge in [-0.05, 0) is 66.4 Å². The van der Waals surface area contributed by atoms with Crippen molar-refractivity contribution in [3.63, 3.8) is 0 Å². The highest BCUT2D eigenvalue weighted by Crippen LogP contribution is 2.31. The lowest BCUT2D eigenvalue weighted by Crippen LogP contribution is -2.17. The number of hydrogen-bond acceptors (Lipinski definition) is 4. The fraction of sp³-hybridized carbons (Fsp3) is 0.136. The van der Waals surface area contributed by atoms with Crippen LogP contribution in [-0.4, -0.2) is 28.3 Å². The summed E-state index contributed by atoms with van der Waals surface area (Å²) in [5.41, 5.74) is 5.15. The Morgan fingerprint density at radius 2 is 1.72 bits per heavy atom. The summed E-state index contributed by atoms with van der Waals surface area (Å²) in [5, 5.41) is 9.21. The summed E-state index contributed by atoms with van der Waals surface area (Å²) in [6.45, 7) is 0. The van der Waals surface area contributed by atoms with Gasteiger partial charge in [-0.25, -0.2) is 13.4 Å². The molecular weight excluding hydrogens is 386 g/mol. The lowest BCUT2D eigenvalue weighted by atomic mass is 10.1. The van der Waals surface area contributed by atoms with Crippen molar-refractivity contribution in [2.24, 2.45) is 0 Å². The number of sulfonamides is 1. The van der Waals surface area contributed by atoms with Crippen LogP contribution in [0.1, 0.15) is 12.8 Å². The zero-order chi connectivity index (χ0) is 20.0. The second-order valence-electron chi connectivity index (χ2n) is 7.26. The topological polar surface area (TPSA) is 84.2 Å². The zero-order valence-electron chi connectivity index (χ0n) is 15.5. The van der Waals surface area contributed by atoms with Crippen LogP contribution < -0.4 is 4.72 Å². The molecule has 1 aliphatic rings. The number of rotatable bonds is 5. The van der Waals surface area contributed by atoms with Crippen LogP contribution >= 0.6 is 0 Å². The molecule has 3 aromatic carbocycles. The number of phenols is 1. The molecule has 0 amide bonds. The number of aromatic hydroxyl groups is 1. The van der Waals surface area contributed by atoms with Gasteiger partial charge in [0.15, 0.2) is 0 Å². The van der Waals surface area contributed by atoms with E-state index in [0.717, 1.165) is 40.7 Å². The Kier molecular flexibility index (Phi) is 4.06. The lowest BCUT2D eigenvalue weighted by Gasteiger charge is -2.10. The van der Waals surface area contributed by atoms with Gasteiger partial charge in [-0.2, -0.15) is 0 Å². The van der Waals surface area contributed by atoms with Crippen molar-refractivity contribution < 1.29 is 13.5 Å². The molecule has 0 atom stereocenters. The molecule has 1 aliphatic carbocycles. The highest BCUT2D eigenvalue weighted by atomic mass is 32.2. The first kappa shape index (κ1) is 17.8. The summed E-state index contributed by atoms with van der Waals surface area (Å²) in [6.07, 6.45) is 3.19. The van der Waals surface area contributed by atoms with E-state index in [0.29, 0.717) is 5.69 Å². The van der Waals surface area contributed by atoms with Crippen molar-refractivity contribution in [1.29, 1.82) is 0 Å². The summed E-state index contributed by atoms with van der Waals surface area (Å²) in [6, 6.07) is 20.4. The summed E-state index contributed by atoms with van der Waals surface area (Å²) in [7, 11) is -3.30. The molecule has 0 unspecified atom stereocenters. The summed E-state index contributed by atoms with van der Waals surface area (Å²) < 4.78 is 29.1. The molecule has 1 heterocycles. The number of aromatic nitrogens is 2. The molecule has 5 rings (SSSR count). The molecule has 6 nitrogen and oxygen atoms in total. The fourth-order valence-corrected chi connectivity index (χ4v) is 4.78. The lowest BCUT2D eigenvalue weighted by molar-refractivity contribution is 0.475. The average molecular weight is 405 g/mol. The van der Waals surface area contributed by atoms with Crippen LogP contribution in [0.3, 0.4) is 0 Å². The predicted octanol–water partition coefficient (Wildman–Crippen LogP) is 4.30. The number of fused-ring (bicyclic) bond motifs is 1. The van der Waals surface area contributed by atoms with Crippen molar-refractivity contribution in [2.45, 2.75) is 18.1 Å². The first-order valence-corrected chi connectivity index (χ1v) is 10.9. The molecule has 1 fully saturated rings. The number of benzene rings is 3. The predicted molar refractivity (Wildman–Crippen MR) is 114 cm³/mol. The highest BCUT2D eigenvalue weighted by molar-refractivity contribution is 7.93. The molecule has 2 N–H and O–H groups in total. The number of nitrogens with zero attached hydrogens (tertiary/aromatic N) is 2. The zero-order valence-corrected chi connectivity index (χ0v) is 16.3. The van der Waals surface area contributed by atoms with Crippen molar-refractivity contribution in [3.05, 3.63) is 73.1 Å². The van der Waals surface area contributed by atoms with Crippen LogP contribution in [-0.2, 0) is 10.0 Å². The van der Waals surface area contributed by atoms with E-state index in [9.17, 15) is 13.5 Å². The van der Waals surface area contributed by atoms with E-state index >= 15 is 0 Å². The second-order valence-corrected chi connectivity index (χ2v) is 9.22. The fourth-order valence-electron chi connectivity index (χ4n) is 3.40. The normalized spacial score (nSPS) is 14.2. The van der Waals surface area contributed by atoms with Gasteiger partial charge in [-0.3, -0.25) is 9.29 Å². The summed E-state index contributed by atoms with van der Waals surface area (Å²) >= 11 is 0. The maximum Gasteiger partial charge on any atom is 0.235 e. The smallest absolute Gasteiger partial charge is 0.235 e. The SMILES string of the molecule is O=S(=O)(Nc1cccc(-n2cnc3cc(-c4ccc(O)cc4)ccc32)c1)C1CC1. The van der Waals surface area contributed by atoms with E-state index in [-0.39, 0.29) is 11.0 Å². The quantitative estimate of drug-likeness (QED) is 0.518. The molecule has 7 heteroatoms. The van der Waals surface area contributed by atoms with Crippen molar-refractivity contribution in [3.8, 4) is 22.6 Å². The van der Waals surface area contributed by atoms with E-state index in [1.54, 1.807) is 24.5 Å². The molecule has 0 saturated heterocycles. The van der Waals surface area contributed by atoms with Crippen LogP contribution in [0.15, 0.2) is 73.1 Å². The Morgan fingerprint density at radius 1 is 0.966 bits per heavy atom. The first-order chi connectivity index (χ1) is 14.0. The van der Waals surface area contributed by atoms with E-state index in [4.69, 9.17) is 0 Å². The van der Waals surface area contributed by atoms with Gasteiger partial charge in [0.2, 0.25) is 10.0 Å². The molecule has 0 bridgehead atoms. The number of phenolic OH excluding ortho intramolecular Hbond substituents is 1. The van der Waals surface area contributed by atoms with Crippen molar-refractivity contribution >= 4 is 26.7 Å². The molecule has 29 heavy (non-hydrogen) atoms. The maximum atomic E-state index is 12.2. The van der Waals surface area contributed by atoms with Crippen molar-refractivity contribution in [1.82, 2.24) is 9.55 Å². The minimum Gasteiger partial charge on any atom is -0.508 e. The monoisotopic (exact) mass is 405 g/mol. The summed E-state index contributed by atoms with van der Waals surface area (Å²) in [5.74, 6) is 0.233. The largest absolute Gasteiger partial charge is 0.508 e. The minimum absolute atomic E-state index is 0.233. The van der Waals surface area contributed by atoms with Gasteiger partial charge in [-0.15, -0.1) is 0 Å². The highest BCUT2D eigenvalue weighted by Gasteiger charge is 2.35. The molecular formula is C22H19N3O3S. The Labute approximate surface area is 168 Å². The van der Waals surface area contributed by atoms with E-state index in [1.807, 2.05) is 53.1 Å². The Hall–Kier alpha value is -3.32. The van der Waals surface area contributed by atoms with Gasteiger partial charge in [0.1, 0.15) is 12.1 Å². The molecule has 0 radical (unpaired) electrons. The average Bonchev–Trinajstić information content (AvgIpc) is 3.49. The molecule has 4 aromatic rings. The third kappa shape index (κ3) is 3.45. The van der Waals surface area contributed by atoms with E-state index in [1.165, 1.54) is 0 Å². The molecule has 1 saturated carbocycles. The van der Waals surface area contributed by atoms with E-state index < -0.39 is 10.0 Å². The van der Waals surface area contributed by atoms with Gasteiger partial charge in [0.05, 0.1) is 22.0 Å². The third-order valence-electron chi connectivity index (χ3n) is 5.10. The number of imidazole rings is 1. The Bertz CT molecular complexity index is 1310.